The summed E-state index contributed by atoms with van der Waals surface area (Å²) in [6, 6.07) is 0. The van der Waals surface area contributed by atoms with Crippen LogP contribution in [0.3, 0.4) is 0 Å². The summed E-state index contributed by atoms with van der Waals surface area (Å²) in [7, 11) is 1.69. The first-order valence-corrected chi connectivity index (χ1v) is 3.60. The number of aryl methyl sites for hydroxylation is 1. The summed E-state index contributed by atoms with van der Waals surface area (Å²) < 4.78 is 4.94. The number of nitrogens with zero attached hydrogens (tertiary/aromatic N) is 1. The molecule has 0 aromatic carbocycles. The lowest BCUT2D eigenvalue weighted by molar-refractivity contribution is 0.187. The molecule has 0 atom stereocenters. The van der Waals surface area contributed by atoms with Gasteiger partial charge in [0.2, 0.25) is 0 Å². The fraction of sp³-hybridized carbons (Fsp3) is 0.500. The Bertz CT molecular complexity index is 190. The van der Waals surface area contributed by atoms with Gasteiger partial charge in [-0.25, -0.2) is 4.98 Å². The van der Waals surface area contributed by atoms with Gasteiger partial charge in [0.25, 0.3) is 0 Å². The highest BCUT2D eigenvalue weighted by molar-refractivity contribution is 7.09. The van der Waals surface area contributed by atoms with Crippen LogP contribution in [0.5, 0.6) is 0 Å². The smallest absolute Gasteiger partial charge is 0.0824 e. The molecular formula is C6H10ClNOS. The highest BCUT2D eigenvalue weighted by atomic mass is 35.5. The fourth-order valence-corrected chi connectivity index (χ4v) is 1.34. The van der Waals surface area contributed by atoms with Crippen LogP contribution in [0.2, 0.25) is 0 Å². The molecule has 0 saturated carbocycles. The van der Waals surface area contributed by atoms with Crippen LogP contribution in [0, 0.1) is 6.92 Å². The number of methoxy groups -OCH3 is 1. The summed E-state index contributed by atoms with van der Waals surface area (Å²) in [5, 5.41) is 0. The lowest BCUT2D eigenvalue weighted by Crippen LogP contribution is -1.85. The molecule has 0 bridgehead atoms. The molecule has 0 radical (unpaired) electrons. The minimum absolute atomic E-state index is 0. The van der Waals surface area contributed by atoms with Crippen molar-refractivity contribution in [2.45, 2.75) is 13.5 Å². The molecule has 4 heteroatoms. The van der Waals surface area contributed by atoms with Gasteiger partial charge in [-0.2, -0.15) is 0 Å². The number of rotatable bonds is 2. The first kappa shape index (κ1) is 9.88. The van der Waals surface area contributed by atoms with Gasteiger partial charge in [-0.3, -0.25) is 0 Å². The van der Waals surface area contributed by atoms with E-state index in [1.165, 1.54) is 4.88 Å². The van der Waals surface area contributed by atoms with Crippen LogP contribution in [0.25, 0.3) is 0 Å². The summed E-state index contributed by atoms with van der Waals surface area (Å²) in [5.41, 5.74) is 2.92. The van der Waals surface area contributed by atoms with E-state index in [1.54, 1.807) is 18.4 Å². The molecule has 2 nitrogen and oxygen atoms in total. The maximum absolute atomic E-state index is 4.94. The van der Waals surface area contributed by atoms with Crippen LogP contribution in [-0.2, 0) is 11.3 Å². The van der Waals surface area contributed by atoms with Crippen molar-refractivity contribution in [1.29, 1.82) is 0 Å². The Morgan fingerprint density at radius 1 is 1.70 bits per heavy atom. The van der Waals surface area contributed by atoms with Gasteiger partial charge in [0.1, 0.15) is 0 Å². The van der Waals surface area contributed by atoms with E-state index >= 15 is 0 Å². The highest BCUT2D eigenvalue weighted by Crippen LogP contribution is 2.11. The number of halogens is 1. The maximum Gasteiger partial charge on any atom is 0.0824 e. The van der Waals surface area contributed by atoms with Gasteiger partial charge in [-0.15, -0.1) is 23.7 Å². The second kappa shape index (κ2) is 4.66. The molecule has 0 spiro atoms. The van der Waals surface area contributed by atoms with E-state index in [1.807, 2.05) is 12.4 Å². The first-order valence-electron chi connectivity index (χ1n) is 2.72. The molecule has 0 fully saturated rings. The zero-order valence-electron chi connectivity index (χ0n) is 5.96. The summed E-state index contributed by atoms with van der Waals surface area (Å²) in [6.07, 6.45) is 0. The second-order valence-corrected chi connectivity index (χ2v) is 2.73. The van der Waals surface area contributed by atoms with Crippen LogP contribution >= 0.6 is 23.7 Å². The standard InChI is InChI=1S/C6H9NOS.ClH/c1-5-6(3-8-2)9-4-7-5;/h4H,3H2,1-2H3;1H. The van der Waals surface area contributed by atoms with Crippen molar-refractivity contribution in [3.05, 3.63) is 16.1 Å². The SMILES string of the molecule is COCc1scnc1C.Cl. The Kier molecular flexibility index (Phi) is 4.60. The molecule has 0 unspecified atom stereocenters. The molecule has 0 aliphatic heterocycles. The summed E-state index contributed by atoms with van der Waals surface area (Å²) >= 11 is 1.64. The normalized spacial score (nSPS) is 9.00. The predicted molar refractivity (Wildman–Crippen MR) is 44.8 cm³/mol. The number of ether oxygens (including phenoxy) is 1. The molecule has 1 aromatic heterocycles. The van der Waals surface area contributed by atoms with E-state index in [2.05, 4.69) is 4.98 Å². The van der Waals surface area contributed by atoms with Crippen molar-refractivity contribution >= 4 is 23.7 Å². The second-order valence-electron chi connectivity index (χ2n) is 1.79. The summed E-state index contributed by atoms with van der Waals surface area (Å²) in [4.78, 5) is 5.29. The highest BCUT2D eigenvalue weighted by Gasteiger charge is 1.97. The molecule has 58 valence electrons. The Labute approximate surface area is 70.7 Å². The van der Waals surface area contributed by atoms with Gasteiger partial charge in [-0.1, -0.05) is 0 Å². The van der Waals surface area contributed by atoms with E-state index < -0.39 is 0 Å². The number of hydrogen-bond acceptors (Lipinski definition) is 3. The molecule has 0 aliphatic rings. The summed E-state index contributed by atoms with van der Waals surface area (Å²) in [5.74, 6) is 0. The third-order valence-electron chi connectivity index (χ3n) is 1.12. The maximum atomic E-state index is 4.94. The lowest BCUT2D eigenvalue weighted by atomic mass is 10.4. The van der Waals surface area contributed by atoms with Crippen LogP contribution in [0.4, 0.5) is 0 Å². The van der Waals surface area contributed by atoms with Crippen LogP contribution in [-0.4, -0.2) is 12.1 Å². The molecule has 0 saturated heterocycles. The molecule has 0 aliphatic carbocycles. The Morgan fingerprint density at radius 2 is 2.40 bits per heavy atom. The number of hydrogen-bond donors (Lipinski definition) is 0. The summed E-state index contributed by atoms with van der Waals surface area (Å²) in [6.45, 7) is 2.68. The Balaban J connectivity index is 0.000000810. The quantitative estimate of drug-likeness (QED) is 0.693. The van der Waals surface area contributed by atoms with Crippen molar-refractivity contribution in [2.75, 3.05) is 7.11 Å². The van der Waals surface area contributed by atoms with E-state index in [9.17, 15) is 0 Å². The third-order valence-corrected chi connectivity index (χ3v) is 2.03. The zero-order valence-corrected chi connectivity index (χ0v) is 7.59. The van der Waals surface area contributed by atoms with E-state index in [4.69, 9.17) is 4.74 Å². The van der Waals surface area contributed by atoms with Gasteiger partial charge < -0.3 is 4.74 Å². The van der Waals surface area contributed by atoms with Crippen molar-refractivity contribution in [3.8, 4) is 0 Å². The van der Waals surface area contributed by atoms with Crippen molar-refractivity contribution in [2.24, 2.45) is 0 Å². The van der Waals surface area contributed by atoms with Crippen molar-refractivity contribution in [3.63, 3.8) is 0 Å². The fourth-order valence-electron chi connectivity index (χ4n) is 0.596. The van der Waals surface area contributed by atoms with Gasteiger partial charge in [-0.05, 0) is 6.92 Å². The minimum atomic E-state index is 0. The molecule has 10 heavy (non-hydrogen) atoms. The van der Waals surface area contributed by atoms with Gasteiger partial charge in [0, 0.05) is 7.11 Å². The zero-order chi connectivity index (χ0) is 6.69. The minimum Gasteiger partial charge on any atom is -0.379 e. The predicted octanol–water partition coefficient (Wildman–Crippen LogP) is 2.02. The molecular weight excluding hydrogens is 170 g/mol. The van der Waals surface area contributed by atoms with Gasteiger partial charge in [0.05, 0.1) is 22.7 Å². The number of thiazole rings is 1. The third kappa shape index (κ3) is 2.25. The van der Waals surface area contributed by atoms with Crippen LogP contribution in [0.1, 0.15) is 10.6 Å². The monoisotopic (exact) mass is 179 g/mol. The van der Waals surface area contributed by atoms with Crippen LogP contribution < -0.4 is 0 Å². The molecule has 0 amide bonds. The molecule has 1 rings (SSSR count). The Morgan fingerprint density at radius 3 is 2.80 bits per heavy atom. The van der Waals surface area contributed by atoms with E-state index in [0.29, 0.717) is 6.61 Å². The topological polar surface area (TPSA) is 22.1 Å². The number of aromatic nitrogens is 1. The first-order chi connectivity index (χ1) is 4.34. The van der Waals surface area contributed by atoms with Gasteiger partial charge in [0.15, 0.2) is 0 Å². The molecule has 1 heterocycles. The average Bonchev–Trinajstić information content (AvgIpc) is 2.18. The van der Waals surface area contributed by atoms with E-state index in [0.717, 1.165) is 5.69 Å². The van der Waals surface area contributed by atoms with Crippen molar-refractivity contribution in [1.82, 2.24) is 4.98 Å². The molecule has 1 aromatic rings. The van der Waals surface area contributed by atoms with Crippen LogP contribution in [0.15, 0.2) is 5.51 Å². The molecule has 0 N–H and O–H groups in total. The lowest BCUT2D eigenvalue weighted by Gasteiger charge is -1.92. The van der Waals surface area contributed by atoms with Gasteiger partial charge >= 0.3 is 0 Å². The largest absolute Gasteiger partial charge is 0.379 e. The van der Waals surface area contributed by atoms with E-state index in [-0.39, 0.29) is 12.4 Å². The average molecular weight is 180 g/mol. The Hall–Kier alpha value is -0.120. The van der Waals surface area contributed by atoms with Crippen molar-refractivity contribution < 1.29 is 4.74 Å².